The summed E-state index contributed by atoms with van der Waals surface area (Å²) in [6, 6.07) is 14.3. The van der Waals surface area contributed by atoms with Gasteiger partial charge in [0.15, 0.2) is 0 Å². The highest BCUT2D eigenvalue weighted by atomic mass is 16.2. The van der Waals surface area contributed by atoms with E-state index in [1.54, 1.807) is 0 Å². The van der Waals surface area contributed by atoms with E-state index in [0.717, 1.165) is 25.1 Å². The van der Waals surface area contributed by atoms with Crippen LogP contribution in [0.25, 0.3) is 10.8 Å². The number of nitrogens with two attached hydrogens (primary N) is 1. The van der Waals surface area contributed by atoms with Crippen LogP contribution in [0.5, 0.6) is 0 Å². The van der Waals surface area contributed by atoms with E-state index in [1.165, 1.54) is 10.8 Å². The van der Waals surface area contributed by atoms with Crippen LogP contribution in [-0.4, -0.2) is 25.5 Å². The number of fused-ring (bicyclic) bond motifs is 1. The number of hydrogen-bond donors (Lipinski definition) is 3. The largest absolute Gasteiger partial charge is 0.348 e. The van der Waals surface area contributed by atoms with Crippen molar-refractivity contribution in [2.45, 2.75) is 12.5 Å². The SMILES string of the molecule is NCC(NC(=O)C1CCNC1)c1ccc2ccccc2c1. The maximum atomic E-state index is 12.2. The van der Waals surface area contributed by atoms with E-state index in [-0.39, 0.29) is 17.9 Å². The van der Waals surface area contributed by atoms with E-state index in [1.807, 2.05) is 18.2 Å². The first-order chi connectivity index (χ1) is 10.3. The number of nitrogens with one attached hydrogen (secondary N) is 2. The molecule has 0 saturated carbocycles. The average Bonchev–Trinajstić information content (AvgIpc) is 3.06. The highest BCUT2D eigenvalue weighted by Crippen LogP contribution is 2.20. The molecule has 2 atom stereocenters. The van der Waals surface area contributed by atoms with Crippen molar-refractivity contribution < 1.29 is 4.79 Å². The molecular formula is C17H21N3O. The van der Waals surface area contributed by atoms with Crippen molar-refractivity contribution >= 4 is 16.7 Å². The molecule has 3 rings (SSSR count). The minimum Gasteiger partial charge on any atom is -0.348 e. The summed E-state index contributed by atoms with van der Waals surface area (Å²) >= 11 is 0. The summed E-state index contributed by atoms with van der Waals surface area (Å²) < 4.78 is 0. The summed E-state index contributed by atoms with van der Waals surface area (Å²) in [6.07, 6.45) is 0.904. The van der Waals surface area contributed by atoms with Gasteiger partial charge in [0, 0.05) is 13.1 Å². The molecule has 0 spiro atoms. The first kappa shape index (κ1) is 14.0. The van der Waals surface area contributed by atoms with Gasteiger partial charge in [-0.3, -0.25) is 4.79 Å². The van der Waals surface area contributed by atoms with Gasteiger partial charge in [-0.1, -0.05) is 36.4 Å². The molecule has 1 fully saturated rings. The lowest BCUT2D eigenvalue weighted by molar-refractivity contribution is -0.125. The molecule has 0 aromatic heterocycles. The molecule has 0 aliphatic carbocycles. The first-order valence-electron chi connectivity index (χ1n) is 7.48. The van der Waals surface area contributed by atoms with Gasteiger partial charge >= 0.3 is 0 Å². The number of hydrogen-bond acceptors (Lipinski definition) is 3. The van der Waals surface area contributed by atoms with Crippen LogP contribution in [0.2, 0.25) is 0 Å². The Bertz CT molecular complexity index is 635. The maximum Gasteiger partial charge on any atom is 0.224 e. The smallest absolute Gasteiger partial charge is 0.224 e. The Labute approximate surface area is 124 Å². The molecule has 21 heavy (non-hydrogen) atoms. The number of carbonyl (C=O) groups is 1. The van der Waals surface area contributed by atoms with E-state index in [2.05, 4.69) is 34.9 Å². The summed E-state index contributed by atoms with van der Waals surface area (Å²) in [6.45, 7) is 2.09. The van der Waals surface area contributed by atoms with Crippen LogP contribution >= 0.6 is 0 Å². The normalized spacial score (nSPS) is 19.6. The second kappa shape index (κ2) is 6.24. The number of rotatable bonds is 4. The van der Waals surface area contributed by atoms with Crippen molar-refractivity contribution in [3.63, 3.8) is 0 Å². The Kier molecular flexibility index (Phi) is 4.18. The van der Waals surface area contributed by atoms with Crippen molar-refractivity contribution in [2.24, 2.45) is 11.7 Å². The number of benzene rings is 2. The predicted molar refractivity (Wildman–Crippen MR) is 84.9 cm³/mol. The van der Waals surface area contributed by atoms with Crippen LogP contribution in [0, 0.1) is 5.92 Å². The molecule has 2 unspecified atom stereocenters. The Morgan fingerprint density at radius 1 is 1.29 bits per heavy atom. The molecule has 0 bridgehead atoms. The summed E-state index contributed by atoms with van der Waals surface area (Å²) in [7, 11) is 0. The fourth-order valence-electron chi connectivity index (χ4n) is 2.87. The van der Waals surface area contributed by atoms with Crippen LogP contribution in [0.4, 0.5) is 0 Å². The Hall–Kier alpha value is -1.91. The number of amides is 1. The minimum absolute atomic E-state index is 0.0690. The van der Waals surface area contributed by atoms with Crippen molar-refractivity contribution in [1.82, 2.24) is 10.6 Å². The van der Waals surface area contributed by atoms with E-state index in [0.29, 0.717) is 6.54 Å². The maximum absolute atomic E-state index is 12.2. The van der Waals surface area contributed by atoms with Gasteiger partial charge in [-0.2, -0.15) is 0 Å². The van der Waals surface area contributed by atoms with Crippen molar-refractivity contribution in [1.29, 1.82) is 0 Å². The van der Waals surface area contributed by atoms with Gasteiger partial charge in [-0.15, -0.1) is 0 Å². The van der Waals surface area contributed by atoms with Crippen LogP contribution in [0.1, 0.15) is 18.0 Å². The standard InChI is InChI=1S/C17H21N3O/c18-10-16(20-17(21)15-7-8-19-11-15)14-6-5-12-3-1-2-4-13(12)9-14/h1-6,9,15-16,19H,7-8,10-11,18H2,(H,20,21). The molecule has 1 heterocycles. The van der Waals surface area contributed by atoms with Crippen LogP contribution < -0.4 is 16.4 Å². The molecule has 4 nitrogen and oxygen atoms in total. The lowest BCUT2D eigenvalue weighted by Gasteiger charge is -2.20. The monoisotopic (exact) mass is 283 g/mol. The zero-order chi connectivity index (χ0) is 14.7. The third kappa shape index (κ3) is 3.06. The van der Waals surface area contributed by atoms with E-state index < -0.39 is 0 Å². The number of carbonyl (C=O) groups excluding carboxylic acids is 1. The summed E-state index contributed by atoms with van der Waals surface area (Å²) in [5.74, 6) is 0.170. The second-order valence-corrected chi connectivity index (χ2v) is 5.59. The van der Waals surface area contributed by atoms with Crippen LogP contribution in [0.3, 0.4) is 0 Å². The van der Waals surface area contributed by atoms with Gasteiger partial charge in [0.2, 0.25) is 5.91 Å². The Morgan fingerprint density at radius 3 is 2.81 bits per heavy atom. The summed E-state index contributed by atoms with van der Waals surface area (Å²) in [5.41, 5.74) is 6.93. The van der Waals surface area contributed by atoms with E-state index in [9.17, 15) is 4.79 Å². The highest BCUT2D eigenvalue weighted by Gasteiger charge is 2.24. The van der Waals surface area contributed by atoms with Gasteiger partial charge in [0.25, 0.3) is 0 Å². The van der Waals surface area contributed by atoms with Gasteiger partial charge in [0.05, 0.1) is 12.0 Å². The van der Waals surface area contributed by atoms with Crippen molar-refractivity contribution in [3.8, 4) is 0 Å². The molecule has 110 valence electrons. The highest BCUT2D eigenvalue weighted by molar-refractivity contribution is 5.84. The molecule has 1 aliphatic rings. The van der Waals surface area contributed by atoms with Crippen LogP contribution in [-0.2, 0) is 4.79 Å². The zero-order valence-corrected chi connectivity index (χ0v) is 12.0. The van der Waals surface area contributed by atoms with Crippen LogP contribution in [0.15, 0.2) is 42.5 Å². The fourth-order valence-corrected chi connectivity index (χ4v) is 2.87. The predicted octanol–water partition coefficient (Wildman–Crippen LogP) is 1.57. The van der Waals surface area contributed by atoms with E-state index >= 15 is 0 Å². The third-order valence-electron chi connectivity index (χ3n) is 4.16. The van der Waals surface area contributed by atoms with Gasteiger partial charge in [0.1, 0.15) is 0 Å². The molecule has 1 aliphatic heterocycles. The quantitative estimate of drug-likeness (QED) is 0.798. The Morgan fingerprint density at radius 2 is 2.10 bits per heavy atom. The fraction of sp³-hybridized carbons (Fsp3) is 0.353. The van der Waals surface area contributed by atoms with E-state index in [4.69, 9.17) is 5.73 Å². The molecule has 1 saturated heterocycles. The van der Waals surface area contributed by atoms with Gasteiger partial charge in [-0.25, -0.2) is 0 Å². The molecule has 0 radical (unpaired) electrons. The van der Waals surface area contributed by atoms with Crippen molar-refractivity contribution in [2.75, 3.05) is 19.6 Å². The average molecular weight is 283 g/mol. The van der Waals surface area contributed by atoms with Gasteiger partial charge in [-0.05, 0) is 35.4 Å². The Balaban J connectivity index is 1.78. The second-order valence-electron chi connectivity index (χ2n) is 5.59. The third-order valence-corrected chi connectivity index (χ3v) is 4.16. The molecule has 2 aromatic rings. The molecule has 4 N–H and O–H groups in total. The topological polar surface area (TPSA) is 67.1 Å². The lowest BCUT2D eigenvalue weighted by Crippen LogP contribution is -2.38. The summed E-state index contributed by atoms with van der Waals surface area (Å²) in [4.78, 5) is 12.2. The zero-order valence-electron chi connectivity index (χ0n) is 12.0. The molecule has 1 amide bonds. The van der Waals surface area contributed by atoms with Gasteiger partial charge < -0.3 is 16.4 Å². The molecular weight excluding hydrogens is 262 g/mol. The first-order valence-corrected chi connectivity index (χ1v) is 7.48. The van der Waals surface area contributed by atoms with Crippen molar-refractivity contribution in [3.05, 3.63) is 48.0 Å². The minimum atomic E-state index is -0.122. The molecule has 4 heteroatoms. The lowest BCUT2D eigenvalue weighted by atomic mass is 10.0. The summed E-state index contributed by atoms with van der Waals surface area (Å²) in [5, 5.41) is 8.67. The molecule has 2 aromatic carbocycles.